The third-order valence-electron chi connectivity index (χ3n) is 4.42. The molecule has 17 heavy (non-hydrogen) atoms. The summed E-state index contributed by atoms with van der Waals surface area (Å²) in [4.78, 5) is 0. The molecule has 0 atom stereocenters. The minimum absolute atomic E-state index is 0.836. The van der Waals surface area contributed by atoms with Crippen molar-refractivity contribution in [3.8, 4) is 0 Å². The molecule has 0 nitrogen and oxygen atoms in total. The van der Waals surface area contributed by atoms with Crippen molar-refractivity contribution >= 4 is 0 Å². The van der Waals surface area contributed by atoms with Crippen LogP contribution >= 0.6 is 0 Å². The van der Waals surface area contributed by atoms with Crippen LogP contribution in [0.1, 0.15) is 68.1 Å². The molecule has 1 fully saturated rings. The maximum atomic E-state index is 2.42. The molecule has 0 N–H and O–H groups in total. The molecule has 2 rings (SSSR count). The smallest absolute Gasteiger partial charge is 0.0159 e. The monoisotopic (exact) mass is 230 g/mol. The molecule has 0 aliphatic heterocycles. The van der Waals surface area contributed by atoms with Gasteiger partial charge in [-0.3, -0.25) is 0 Å². The summed E-state index contributed by atoms with van der Waals surface area (Å²) in [6.07, 6.45) is 8.53. The Hall–Kier alpha value is -0.780. The Balaban J connectivity index is 2.02. The first-order chi connectivity index (χ1) is 8.20. The summed E-state index contributed by atoms with van der Waals surface area (Å²) >= 11 is 0. The molecule has 0 aromatic heterocycles. The van der Waals surface area contributed by atoms with E-state index >= 15 is 0 Å². The number of rotatable bonds is 3. The van der Waals surface area contributed by atoms with E-state index in [1.54, 1.807) is 5.56 Å². The van der Waals surface area contributed by atoms with Gasteiger partial charge in [-0.25, -0.2) is 0 Å². The van der Waals surface area contributed by atoms with Crippen LogP contribution in [0.15, 0.2) is 18.2 Å². The molecule has 0 bridgehead atoms. The van der Waals surface area contributed by atoms with Crippen LogP contribution in [0.4, 0.5) is 0 Å². The lowest BCUT2D eigenvalue weighted by atomic mass is 9.76. The van der Waals surface area contributed by atoms with Gasteiger partial charge >= 0.3 is 0 Å². The van der Waals surface area contributed by atoms with Crippen molar-refractivity contribution in [1.82, 2.24) is 0 Å². The number of hydrogen-bond donors (Lipinski definition) is 0. The summed E-state index contributed by atoms with van der Waals surface area (Å²) in [6, 6.07) is 6.95. The van der Waals surface area contributed by atoms with Gasteiger partial charge < -0.3 is 0 Å². The zero-order valence-corrected chi connectivity index (χ0v) is 11.6. The van der Waals surface area contributed by atoms with Gasteiger partial charge in [-0.1, -0.05) is 43.5 Å². The van der Waals surface area contributed by atoms with Crippen molar-refractivity contribution in [2.45, 2.75) is 65.2 Å². The van der Waals surface area contributed by atoms with E-state index in [1.165, 1.54) is 49.7 Å². The molecule has 1 aliphatic rings. The number of aryl methyl sites for hydroxylation is 2. The van der Waals surface area contributed by atoms with Crippen molar-refractivity contribution < 1.29 is 0 Å². The molecule has 0 heterocycles. The Morgan fingerprint density at radius 2 is 1.76 bits per heavy atom. The summed E-state index contributed by atoms with van der Waals surface area (Å²) in [6.45, 7) is 6.80. The molecule has 1 aromatic carbocycles. The van der Waals surface area contributed by atoms with Crippen LogP contribution in [0.2, 0.25) is 0 Å². The van der Waals surface area contributed by atoms with E-state index in [0.29, 0.717) is 0 Å². The summed E-state index contributed by atoms with van der Waals surface area (Å²) in [7, 11) is 0. The summed E-state index contributed by atoms with van der Waals surface area (Å²) in [5.41, 5.74) is 4.54. The van der Waals surface area contributed by atoms with Crippen LogP contribution in [-0.2, 0) is 0 Å². The van der Waals surface area contributed by atoms with Gasteiger partial charge in [0.1, 0.15) is 0 Å². The summed E-state index contributed by atoms with van der Waals surface area (Å²) in [5, 5.41) is 0. The first-order valence-electron chi connectivity index (χ1n) is 7.28. The SMILES string of the molecule is CCCC1CCC(c2cc(C)ccc2C)CC1. The molecule has 0 heteroatoms. The predicted octanol–water partition coefficient (Wildman–Crippen LogP) is 5.38. The molecule has 0 saturated heterocycles. The van der Waals surface area contributed by atoms with Crippen LogP contribution in [-0.4, -0.2) is 0 Å². The van der Waals surface area contributed by atoms with E-state index in [1.807, 2.05) is 0 Å². The second kappa shape index (κ2) is 5.71. The van der Waals surface area contributed by atoms with E-state index in [-0.39, 0.29) is 0 Å². The average Bonchev–Trinajstić information content (AvgIpc) is 2.34. The normalized spacial score (nSPS) is 24.9. The lowest BCUT2D eigenvalue weighted by Crippen LogP contribution is -2.14. The topological polar surface area (TPSA) is 0 Å². The van der Waals surface area contributed by atoms with E-state index in [0.717, 1.165) is 11.8 Å². The standard InChI is InChI=1S/C17H26/c1-4-5-15-8-10-16(11-9-15)17-12-13(2)6-7-14(17)3/h6-7,12,15-16H,4-5,8-11H2,1-3H3. The average molecular weight is 230 g/mol. The van der Waals surface area contributed by atoms with Gasteiger partial charge in [-0.15, -0.1) is 0 Å². The Morgan fingerprint density at radius 1 is 1.06 bits per heavy atom. The first-order valence-corrected chi connectivity index (χ1v) is 7.28. The largest absolute Gasteiger partial charge is 0.0654 e. The Labute approximate surface area is 106 Å². The fourth-order valence-electron chi connectivity index (χ4n) is 3.37. The Morgan fingerprint density at radius 3 is 2.41 bits per heavy atom. The van der Waals surface area contributed by atoms with Crippen LogP contribution in [0.25, 0.3) is 0 Å². The first kappa shape index (κ1) is 12.7. The van der Waals surface area contributed by atoms with Crippen molar-refractivity contribution in [3.05, 3.63) is 34.9 Å². The van der Waals surface area contributed by atoms with Crippen LogP contribution in [0, 0.1) is 19.8 Å². The second-order valence-corrected chi connectivity index (χ2v) is 5.87. The highest BCUT2D eigenvalue weighted by molar-refractivity contribution is 5.33. The molecule has 94 valence electrons. The van der Waals surface area contributed by atoms with Crippen molar-refractivity contribution in [3.63, 3.8) is 0 Å². The van der Waals surface area contributed by atoms with E-state index in [4.69, 9.17) is 0 Å². The quantitative estimate of drug-likeness (QED) is 0.654. The Bertz CT molecular complexity index is 356. The fourth-order valence-corrected chi connectivity index (χ4v) is 3.37. The molecule has 0 amide bonds. The van der Waals surface area contributed by atoms with E-state index < -0.39 is 0 Å². The lowest BCUT2D eigenvalue weighted by molar-refractivity contribution is 0.308. The minimum Gasteiger partial charge on any atom is -0.0654 e. The molecule has 1 aromatic rings. The van der Waals surface area contributed by atoms with Gasteiger partial charge in [0.2, 0.25) is 0 Å². The van der Waals surface area contributed by atoms with E-state index in [2.05, 4.69) is 39.0 Å². The highest BCUT2D eigenvalue weighted by Gasteiger charge is 2.22. The van der Waals surface area contributed by atoms with Gasteiger partial charge in [0.05, 0.1) is 0 Å². The zero-order valence-electron chi connectivity index (χ0n) is 11.6. The van der Waals surface area contributed by atoms with Gasteiger partial charge in [0.15, 0.2) is 0 Å². The highest BCUT2D eigenvalue weighted by atomic mass is 14.3. The lowest BCUT2D eigenvalue weighted by Gasteiger charge is -2.29. The molecule has 0 spiro atoms. The number of benzene rings is 1. The van der Waals surface area contributed by atoms with Crippen molar-refractivity contribution in [2.24, 2.45) is 5.92 Å². The van der Waals surface area contributed by atoms with Gasteiger partial charge in [0, 0.05) is 0 Å². The van der Waals surface area contributed by atoms with Crippen LogP contribution in [0.3, 0.4) is 0 Å². The number of hydrogen-bond acceptors (Lipinski definition) is 0. The predicted molar refractivity (Wildman–Crippen MR) is 75.5 cm³/mol. The minimum atomic E-state index is 0.836. The molecular formula is C17H26. The molecule has 0 unspecified atom stereocenters. The van der Waals surface area contributed by atoms with Gasteiger partial charge in [-0.05, 0) is 62.5 Å². The van der Waals surface area contributed by atoms with Gasteiger partial charge in [-0.2, -0.15) is 0 Å². The summed E-state index contributed by atoms with van der Waals surface area (Å²) < 4.78 is 0. The molecule has 0 radical (unpaired) electrons. The van der Waals surface area contributed by atoms with Crippen molar-refractivity contribution in [2.75, 3.05) is 0 Å². The summed E-state index contributed by atoms with van der Waals surface area (Å²) in [5.74, 6) is 1.85. The second-order valence-electron chi connectivity index (χ2n) is 5.87. The maximum absolute atomic E-state index is 2.42. The fraction of sp³-hybridized carbons (Fsp3) is 0.647. The van der Waals surface area contributed by atoms with Crippen LogP contribution < -0.4 is 0 Å². The molecular weight excluding hydrogens is 204 g/mol. The molecule has 1 saturated carbocycles. The highest BCUT2D eigenvalue weighted by Crippen LogP contribution is 2.38. The third kappa shape index (κ3) is 3.12. The van der Waals surface area contributed by atoms with Crippen LogP contribution in [0.5, 0.6) is 0 Å². The van der Waals surface area contributed by atoms with Crippen molar-refractivity contribution in [1.29, 1.82) is 0 Å². The van der Waals surface area contributed by atoms with E-state index in [9.17, 15) is 0 Å². The Kier molecular flexibility index (Phi) is 4.25. The maximum Gasteiger partial charge on any atom is -0.0159 e. The van der Waals surface area contributed by atoms with Gasteiger partial charge in [0.25, 0.3) is 0 Å². The zero-order chi connectivity index (χ0) is 12.3. The molecule has 1 aliphatic carbocycles. The third-order valence-corrected chi connectivity index (χ3v) is 4.42.